The lowest BCUT2D eigenvalue weighted by Crippen LogP contribution is -2.36. The number of benzene rings is 1. The van der Waals surface area contributed by atoms with E-state index in [1.807, 2.05) is 12.1 Å². The smallest absolute Gasteiger partial charge is 0.127 e. The third-order valence-corrected chi connectivity index (χ3v) is 4.91. The molecule has 5 heteroatoms. The molecule has 2 aliphatic rings. The van der Waals surface area contributed by atoms with E-state index in [0.29, 0.717) is 12.0 Å². The molecule has 0 saturated carbocycles. The van der Waals surface area contributed by atoms with Gasteiger partial charge < -0.3 is 18.9 Å². The largest absolute Gasteiger partial charge is 0.497 e. The van der Waals surface area contributed by atoms with Crippen LogP contribution in [0.5, 0.6) is 11.5 Å². The van der Waals surface area contributed by atoms with Gasteiger partial charge in [0.25, 0.3) is 0 Å². The first kappa shape index (κ1) is 17.5. The van der Waals surface area contributed by atoms with Gasteiger partial charge in [-0.25, -0.2) is 0 Å². The second kappa shape index (κ2) is 8.70. The van der Waals surface area contributed by atoms with Crippen LogP contribution in [0.25, 0.3) is 0 Å². The Balaban J connectivity index is 1.69. The third-order valence-electron chi connectivity index (χ3n) is 4.91. The Kier molecular flexibility index (Phi) is 6.35. The number of hydrogen-bond donors (Lipinski definition) is 0. The molecule has 2 atom stereocenters. The van der Waals surface area contributed by atoms with Gasteiger partial charge in [0, 0.05) is 44.5 Å². The first-order chi connectivity index (χ1) is 11.8. The van der Waals surface area contributed by atoms with Crippen LogP contribution in [-0.4, -0.2) is 58.1 Å². The fourth-order valence-corrected chi connectivity index (χ4v) is 3.60. The summed E-state index contributed by atoms with van der Waals surface area (Å²) in [5.41, 5.74) is 1.19. The van der Waals surface area contributed by atoms with Crippen molar-refractivity contribution < 1.29 is 18.9 Å². The molecule has 2 aliphatic heterocycles. The topological polar surface area (TPSA) is 40.2 Å². The Bertz CT molecular complexity index is 492. The van der Waals surface area contributed by atoms with E-state index in [0.717, 1.165) is 63.8 Å². The highest BCUT2D eigenvalue weighted by atomic mass is 16.5. The van der Waals surface area contributed by atoms with E-state index in [2.05, 4.69) is 11.0 Å². The summed E-state index contributed by atoms with van der Waals surface area (Å²) in [4.78, 5) is 2.50. The molecular formula is C19H29NO4. The standard InChI is InChI=1S/C19H29NO4/c1-21-17-6-5-16(19(10-17)22-2)12-20(11-15-7-9-23-14-15)13-18-4-3-8-24-18/h5-6,10,15,18H,3-4,7-9,11-14H2,1-2H3/t15-,18+/m1/s1. The number of rotatable bonds is 8. The van der Waals surface area contributed by atoms with Crippen LogP contribution in [0.3, 0.4) is 0 Å². The molecule has 5 nitrogen and oxygen atoms in total. The van der Waals surface area contributed by atoms with E-state index < -0.39 is 0 Å². The van der Waals surface area contributed by atoms with Crippen LogP contribution in [0.1, 0.15) is 24.8 Å². The highest BCUT2D eigenvalue weighted by molar-refractivity contribution is 5.40. The number of methoxy groups -OCH3 is 2. The fraction of sp³-hybridized carbons (Fsp3) is 0.684. The van der Waals surface area contributed by atoms with Crippen molar-refractivity contribution >= 4 is 0 Å². The summed E-state index contributed by atoms with van der Waals surface area (Å²) < 4.78 is 22.3. The third kappa shape index (κ3) is 4.62. The van der Waals surface area contributed by atoms with E-state index in [1.54, 1.807) is 14.2 Å². The van der Waals surface area contributed by atoms with E-state index in [4.69, 9.17) is 18.9 Å². The summed E-state index contributed by atoms with van der Waals surface area (Å²) in [7, 11) is 3.39. The molecule has 24 heavy (non-hydrogen) atoms. The van der Waals surface area contributed by atoms with Gasteiger partial charge in [0.05, 0.1) is 26.9 Å². The van der Waals surface area contributed by atoms with Crippen LogP contribution >= 0.6 is 0 Å². The zero-order valence-corrected chi connectivity index (χ0v) is 14.8. The predicted octanol–water partition coefficient (Wildman–Crippen LogP) is 2.72. The molecule has 3 rings (SSSR count). The number of ether oxygens (including phenoxy) is 4. The Morgan fingerprint density at radius 3 is 2.71 bits per heavy atom. The molecular weight excluding hydrogens is 306 g/mol. The van der Waals surface area contributed by atoms with Crippen molar-refractivity contribution in [1.82, 2.24) is 4.90 Å². The zero-order chi connectivity index (χ0) is 16.8. The van der Waals surface area contributed by atoms with Gasteiger partial charge in [0.1, 0.15) is 11.5 Å². The highest BCUT2D eigenvalue weighted by Crippen LogP contribution is 2.27. The van der Waals surface area contributed by atoms with E-state index in [-0.39, 0.29) is 0 Å². The first-order valence-corrected chi connectivity index (χ1v) is 8.91. The van der Waals surface area contributed by atoms with Crippen molar-refractivity contribution in [3.63, 3.8) is 0 Å². The minimum Gasteiger partial charge on any atom is -0.497 e. The van der Waals surface area contributed by atoms with Gasteiger partial charge in [-0.2, -0.15) is 0 Å². The Hall–Kier alpha value is -1.30. The van der Waals surface area contributed by atoms with Gasteiger partial charge in [0.15, 0.2) is 0 Å². The quantitative estimate of drug-likeness (QED) is 0.730. The molecule has 2 fully saturated rings. The molecule has 0 N–H and O–H groups in total. The number of nitrogens with zero attached hydrogens (tertiary/aromatic N) is 1. The van der Waals surface area contributed by atoms with Gasteiger partial charge in [-0.1, -0.05) is 6.07 Å². The van der Waals surface area contributed by atoms with Crippen molar-refractivity contribution in [3.05, 3.63) is 23.8 Å². The van der Waals surface area contributed by atoms with Gasteiger partial charge in [-0.3, -0.25) is 4.90 Å². The van der Waals surface area contributed by atoms with Gasteiger partial charge in [-0.05, 0) is 31.2 Å². The predicted molar refractivity (Wildman–Crippen MR) is 92.7 cm³/mol. The van der Waals surface area contributed by atoms with Crippen LogP contribution in [0, 0.1) is 5.92 Å². The minimum atomic E-state index is 0.358. The lowest BCUT2D eigenvalue weighted by Gasteiger charge is -2.28. The Morgan fingerprint density at radius 1 is 1.12 bits per heavy atom. The number of hydrogen-bond acceptors (Lipinski definition) is 5. The van der Waals surface area contributed by atoms with E-state index in [9.17, 15) is 0 Å². The minimum absolute atomic E-state index is 0.358. The highest BCUT2D eigenvalue weighted by Gasteiger charge is 2.24. The second-order valence-electron chi connectivity index (χ2n) is 6.74. The van der Waals surface area contributed by atoms with E-state index >= 15 is 0 Å². The van der Waals surface area contributed by atoms with Crippen molar-refractivity contribution in [2.24, 2.45) is 5.92 Å². The maximum atomic E-state index is 5.85. The molecule has 0 bridgehead atoms. The summed E-state index contributed by atoms with van der Waals surface area (Å²) in [5, 5.41) is 0. The van der Waals surface area contributed by atoms with Crippen molar-refractivity contribution in [2.75, 3.05) is 47.1 Å². The molecule has 0 spiro atoms. The van der Waals surface area contributed by atoms with Gasteiger partial charge in [-0.15, -0.1) is 0 Å². The monoisotopic (exact) mass is 335 g/mol. The molecule has 2 saturated heterocycles. The van der Waals surface area contributed by atoms with Gasteiger partial charge >= 0.3 is 0 Å². The average Bonchev–Trinajstić information content (AvgIpc) is 3.29. The first-order valence-electron chi connectivity index (χ1n) is 8.91. The molecule has 0 amide bonds. The SMILES string of the molecule is COc1ccc(CN(C[C@H]2CCOC2)C[C@@H]2CCCO2)c(OC)c1. The summed E-state index contributed by atoms with van der Waals surface area (Å²) >= 11 is 0. The maximum Gasteiger partial charge on any atom is 0.127 e. The van der Waals surface area contributed by atoms with Crippen molar-refractivity contribution in [1.29, 1.82) is 0 Å². The summed E-state index contributed by atoms with van der Waals surface area (Å²) in [5.74, 6) is 2.33. The Morgan fingerprint density at radius 2 is 2.04 bits per heavy atom. The molecule has 134 valence electrons. The summed E-state index contributed by atoms with van der Waals surface area (Å²) in [6, 6.07) is 6.06. The summed E-state index contributed by atoms with van der Waals surface area (Å²) in [6.45, 7) is 5.56. The van der Waals surface area contributed by atoms with Crippen LogP contribution < -0.4 is 9.47 Å². The average molecular weight is 335 g/mol. The second-order valence-corrected chi connectivity index (χ2v) is 6.74. The fourth-order valence-electron chi connectivity index (χ4n) is 3.60. The van der Waals surface area contributed by atoms with Crippen LogP contribution in [0.15, 0.2) is 18.2 Å². The van der Waals surface area contributed by atoms with Gasteiger partial charge in [0.2, 0.25) is 0 Å². The van der Waals surface area contributed by atoms with E-state index in [1.165, 1.54) is 12.0 Å². The maximum absolute atomic E-state index is 5.85. The molecule has 0 aliphatic carbocycles. The van der Waals surface area contributed by atoms with Crippen LogP contribution in [0.4, 0.5) is 0 Å². The van der Waals surface area contributed by atoms with Crippen LogP contribution in [-0.2, 0) is 16.0 Å². The zero-order valence-electron chi connectivity index (χ0n) is 14.8. The lowest BCUT2D eigenvalue weighted by molar-refractivity contribution is 0.0628. The molecule has 1 aromatic carbocycles. The Labute approximate surface area is 144 Å². The lowest BCUT2D eigenvalue weighted by atomic mass is 10.1. The molecule has 1 aromatic rings. The normalized spacial score (nSPS) is 23.8. The summed E-state index contributed by atoms with van der Waals surface area (Å²) in [6.07, 6.45) is 3.85. The van der Waals surface area contributed by atoms with Crippen LogP contribution in [0.2, 0.25) is 0 Å². The van der Waals surface area contributed by atoms with Crippen molar-refractivity contribution in [2.45, 2.75) is 31.9 Å². The molecule has 0 radical (unpaired) electrons. The molecule has 2 heterocycles. The van der Waals surface area contributed by atoms with Crippen molar-refractivity contribution in [3.8, 4) is 11.5 Å². The molecule has 0 aromatic heterocycles. The molecule has 0 unspecified atom stereocenters.